The summed E-state index contributed by atoms with van der Waals surface area (Å²) in [4.78, 5) is 11.3. The summed E-state index contributed by atoms with van der Waals surface area (Å²) < 4.78 is 0. The molecule has 0 radical (unpaired) electrons. The summed E-state index contributed by atoms with van der Waals surface area (Å²) in [5.74, 6) is -0.239. The second-order valence-electron chi connectivity index (χ2n) is 13.6. The van der Waals surface area contributed by atoms with Gasteiger partial charge in [0.2, 0.25) is 5.91 Å². The van der Waals surface area contributed by atoms with Crippen molar-refractivity contribution in [3.63, 3.8) is 0 Å². The lowest BCUT2D eigenvalue weighted by atomic mass is 9.92. The number of aliphatic hydroxyl groups excluding tert-OH is 4. The van der Waals surface area contributed by atoms with Crippen molar-refractivity contribution in [3.8, 4) is 0 Å². The Morgan fingerprint density at radius 1 is 0.592 bits per heavy atom. The van der Waals surface area contributed by atoms with Crippen molar-refractivity contribution in [3.05, 3.63) is 70.8 Å². The van der Waals surface area contributed by atoms with Crippen LogP contribution in [0.3, 0.4) is 0 Å². The van der Waals surface area contributed by atoms with Gasteiger partial charge in [0.25, 0.3) is 0 Å². The third-order valence-corrected chi connectivity index (χ3v) is 9.16. The first-order chi connectivity index (χ1) is 22.7. The number of benzene rings is 2. The van der Waals surface area contributed by atoms with E-state index in [4.69, 9.17) is 5.73 Å². The molecule has 9 heteroatoms. The number of nitrogens with one attached hydrogen (secondary N) is 1. The van der Waals surface area contributed by atoms with Crippen LogP contribution in [0.5, 0.6) is 0 Å². The summed E-state index contributed by atoms with van der Waals surface area (Å²) in [5, 5.41) is 40.2. The maximum atomic E-state index is 11.3. The Labute approximate surface area is 323 Å². The van der Waals surface area contributed by atoms with Gasteiger partial charge in [0.15, 0.2) is 0 Å². The molecule has 0 atom stereocenters. The third kappa shape index (κ3) is 23.0. The third-order valence-electron chi connectivity index (χ3n) is 9.16. The summed E-state index contributed by atoms with van der Waals surface area (Å²) in [6.07, 6.45) is 20.7. The van der Waals surface area contributed by atoms with E-state index in [-0.39, 0.29) is 70.1 Å². The highest BCUT2D eigenvalue weighted by Gasteiger charge is 2.29. The molecule has 7 nitrogen and oxygen atoms in total. The van der Waals surface area contributed by atoms with Crippen molar-refractivity contribution < 1.29 is 26.6 Å². The molecule has 0 aliphatic rings. The molecule has 49 heavy (non-hydrogen) atoms. The molecule has 7 N–H and O–H groups in total. The zero-order valence-corrected chi connectivity index (χ0v) is 33.9. The average molecular weight is 824 g/mol. The van der Waals surface area contributed by atoms with E-state index in [2.05, 4.69) is 67.7 Å². The lowest BCUT2D eigenvalue weighted by Gasteiger charge is -2.30. The molecule has 0 fully saturated rings. The summed E-state index contributed by atoms with van der Waals surface area (Å²) in [6, 6.07) is 17.2. The topological polar surface area (TPSA) is 136 Å². The highest BCUT2D eigenvalue weighted by atomic mass is 127. The fourth-order valence-electron chi connectivity index (χ4n) is 5.67. The summed E-state index contributed by atoms with van der Waals surface area (Å²) in [5.41, 5.74) is 9.20. The van der Waals surface area contributed by atoms with Gasteiger partial charge in [0.05, 0.1) is 37.5 Å². The number of carbonyl (C=O) groups is 1. The van der Waals surface area contributed by atoms with Crippen LogP contribution in [0, 0.1) is 0 Å². The number of halogens is 2. The Kier molecular flexibility index (Phi) is 30.9. The molecular weight excluding hydrogens is 751 g/mol. The molecule has 0 aromatic heterocycles. The van der Waals surface area contributed by atoms with Crippen LogP contribution in [0.15, 0.2) is 48.5 Å². The minimum absolute atomic E-state index is 0. The number of amides is 1. The average Bonchev–Trinajstić information content (AvgIpc) is 3.10. The van der Waals surface area contributed by atoms with Crippen LogP contribution in [0.1, 0.15) is 134 Å². The van der Waals surface area contributed by atoms with Crippen molar-refractivity contribution >= 4 is 42.3 Å². The molecule has 2 rings (SSSR count). The van der Waals surface area contributed by atoms with E-state index in [1.807, 2.05) is 0 Å². The number of aliphatic hydroxyl groups is 4. The molecule has 0 aliphatic heterocycles. The molecule has 286 valence electrons. The SMILES string of the molecule is CCCCCCCCc1ccc(CCC(CO)(CO)NC(C)=O)cc1.CCCCCCCCc1ccc(CCC(N)(CO)CO)cc1.Cl.I.[2HH]. The van der Waals surface area contributed by atoms with Gasteiger partial charge in [0.1, 0.15) is 0 Å². The second kappa shape index (κ2) is 30.4. The van der Waals surface area contributed by atoms with Crippen LogP contribution in [0.2, 0.25) is 0 Å². The number of unbranched alkanes of at least 4 members (excludes halogenated alkanes) is 10. The molecule has 2 aromatic rings. The van der Waals surface area contributed by atoms with E-state index < -0.39 is 11.1 Å². The fourth-order valence-corrected chi connectivity index (χ4v) is 5.67. The van der Waals surface area contributed by atoms with Crippen molar-refractivity contribution in [2.45, 2.75) is 147 Å². The van der Waals surface area contributed by atoms with Crippen LogP contribution >= 0.6 is 36.4 Å². The maximum absolute atomic E-state index is 11.3. The van der Waals surface area contributed by atoms with Gasteiger partial charge in [-0.05, 0) is 73.6 Å². The molecule has 1 amide bonds. The van der Waals surface area contributed by atoms with E-state index >= 15 is 0 Å². The summed E-state index contributed by atoms with van der Waals surface area (Å²) >= 11 is 0. The van der Waals surface area contributed by atoms with Gasteiger partial charge in [-0.1, -0.05) is 127 Å². The predicted molar refractivity (Wildman–Crippen MR) is 220 cm³/mol. The second-order valence-corrected chi connectivity index (χ2v) is 13.6. The van der Waals surface area contributed by atoms with Gasteiger partial charge < -0.3 is 31.5 Å². The number of aryl methyl sites for hydroxylation is 4. The largest absolute Gasteiger partial charge is 0.394 e. The Morgan fingerprint density at radius 3 is 1.24 bits per heavy atom. The minimum atomic E-state index is -0.941. The van der Waals surface area contributed by atoms with E-state index in [0.29, 0.717) is 19.3 Å². The van der Waals surface area contributed by atoms with Gasteiger partial charge >= 0.3 is 0 Å². The smallest absolute Gasteiger partial charge is 0.217 e. The van der Waals surface area contributed by atoms with Crippen LogP contribution in [-0.4, -0.2) is 63.8 Å². The monoisotopic (exact) mass is 823 g/mol. The summed E-state index contributed by atoms with van der Waals surface area (Å²) in [6.45, 7) is 5.00. The van der Waals surface area contributed by atoms with E-state index in [9.17, 15) is 25.2 Å². The van der Waals surface area contributed by atoms with Crippen molar-refractivity contribution in [1.82, 2.24) is 5.32 Å². The van der Waals surface area contributed by atoms with Crippen LogP contribution in [0.25, 0.3) is 0 Å². The zero-order chi connectivity index (χ0) is 34.8. The van der Waals surface area contributed by atoms with E-state index in [1.54, 1.807) is 0 Å². The first-order valence-electron chi connectivity index (χ1n) is 18.4. The quantitative estimate of drug-likeness (QED) is 0.0446. The number of nitrogens with two attached hydrogens (primary N) is 1. The minimum Gasteiger partial charge on any atom is -0.394 e. The van der Waals surface area contributed by atoms with Gasteiger partial charge in [-0.2, -0.15) is 0 Å². The zero-order valence-electron chi connectivity index (χ0n) is 30.8. The molecule has 0 bridgehead atoms. The summed E-state index contributed by atoms with van der Waals surface area (Å²) in [7, 11) is 0. The van der Waals surface area contributed by atoms with Gasteiger partial charge in [-0.25, -0.2) is 0 Å². The Hall–Kier alpha value is -1.27. The molecule has 0 heterocycles. The molecule has 0 aliphatic carbocycles. The van der Waals surface area contributed by atoms with Gasteiger partial charge in [-0.3, -0.25) is 4.79 Å². The maximum Gasteiger partial charge on any atom is 0.217 e. The van der Waals surface area contributed by atoms with Crippen LogP contribution in [0.4, 0.5) is 0 Å². The molecule has 0 saturated carbocycles. The molecule has 2 aromatic carbocycles. The van der Waals surface area contributed by atoms with Gasteiger partial charge in [-0.15, -0.1) is 36.4 Å². The number of rotatable bonds is 25. The number of hydrogen-bond donors (Lipinski definition) is 6. The molecule has 0 spiro atoms. The fraction of sp³-hybridized carbons (Fsp3) is 0.675. The normalized spacial score (nSPS) is 11.2. The highest BCUT2D eigenvalue weighted by Crippen LogP contribution is 2.17. The van der Waals surface area contributed by atoms with Crippen molar-refractivity contribution in [2.24, 2.45) is 5.73 Å². The van der Waals surface area contributed by atoms with Crippen LogP contribution < -0.4 is 11.1 Å². The van der Waals surface area contributed by atoms with Crippen LogP contribution in [-0.2, 0) is 30.5 Å². The van der Waals surface area contributed by atoms with E-state index in [0.717, 1.165) is 24.8 Å². The predicted octanol–water partition coefficient (Wildman–Crippen LogP) is 7.87. The Balaban J connectivity index is -0.000000839. The molecular formula is C40H72ClIN2O5. The first kappa shape index (κ1) is 49.8. The highest BCUT2D eigenvalue weighted by molar-refractivity contribution is 14.0. The molecule has 0 saturated heterocycles. The van der Waals surface area contributed by atoms with Crippen molar-refractivity contribution in [2.75, 3.05) is 26.4 Å². The molecule has 0 unspecified atom stereocenters. The Bertz CT molecular complexity index is 1050. The lowest BCUT2D eigenvalue weighted by Crippen LogP contribution is -2.53. The lowest BCUT2D eigenvalue weighted by molar-refractivity contribution is -0.122. The van der Waals surface area contributed by atoms with Gasteiger partial charge in [0, 0.05) is 8.35 Å². The Morgan fingerprint density at radius 2 is 0.918 bits per heavy atom. The standard InChI is InChI=1S/C21H35NO3.C19H33NO2.ClH.HI.H2/c1-3-4-5-6-7-8-9-19-10-12-20(13-11-19)14-15-21(16-23,17-24)22-18(2)25;1-2-3-4-5-6-7-8-17-9-11-18(12-10-17)13-14-19(20,15-21)16-22;;;/h10-13,23-24H,3-9,14-17H2,1-2H3,(H,22,25);9-12,21-22H,2-8,13-16,20H2,1H3;3*1H/i;;;;1+1. The first-order valence-corrected chi connectivity index (χ1v) is 18.4. The van der Waals surface area contributed by atoms with E-state index in [1.165, 1.54) is 101 Å². The number of hydrogen-bond acceptors (Lipinski definition) is 6. The van der Waals surface area contributed by atoms with Crippen molar-refractivity contribution in [1.29, 1.82) is 0 Å². The number of carbonyl (C=O) groups excluding carboxylic acids is 1.